The monoisotopic (exact) mass is 510 g/mol. The molecule has 0 aliphatic heterocycles. The third-order valence-electron chi connectivity index (χ3n) is 8.38. The highest BCUT2D eigenvalue weighted by molar-refractivity contribution is 6.18. The number of hydrogen-bond acceptors (Lipinski definition) is 5. The van der Waals surface area contributed by atoms with Crippen LogP contribution in [-0.2, 0) is 16.0 Å². The van der Waals surface area contributed by atoms with Gasteiger partial charge in [-0.1, -0.05) is 13.0 Å². The second-order valence-corrected chi connectivity index (χ2v) is 10.9. The molecule has 188 valence electrons. The summed E-state index contributed by atoms with van der Waals surface area (Å²) >= 11 is 11.6. The van der Waals surface area contributed by atoms with E-state index in [2.05, 4.69) is 18.3 Å². The van der Waals surface area contributed by atoms with Crippen molar-refractivity contribution in [3.63, 3.8) is 0 Å². The summed E-state index contributed by atoms with van der Waals surface area (Å²) in [4.78, 5) is 26.2. The van der Waals surface area contributed by atoms with Crippen molar-refractivity contribution >= 4 is 35.3 Å². The minimum atomic E-state index is -0.409. The molecular weight excluding hydrogens is 475 g/mol. The lowest BCUT2D eigenvalue weighted by molar-refractivity contribution is -0.156. The van der Waals surface area contributed by atoms with Gasteiger partial charge in [-0.05, 0) is 86.6 Å². The number of nitrogens with one attached hydrogen (secondary N) is 1. The maximum absolute atomic E-state index is 12.5. The molecule has 0 aromatic heterocycles. The molecule has 5 atom stereocenters. The standard InChI is InChI=1S/C26H36Cl2N2O4/c1-26-10-9-20-19-6-4-18(33-25(32)30(13-11-27)14-12-28)15-17(19)3-5-21(20)22(26)7-8-23(26)34-24(31)16-29-2/h4,6,15,20-23,29H,3,5,7-14,16H2,1-2H3/t20-,21-,22+,23+,26+/m1/s1. The first kappa shape index (κ1) is 25.6. The van der Waals surface area contributed by atoms with Gasteiger partial charge in [0.05, 0.1) is 6.54 Å². The van der Waals surface area contributed by atoms with Gasteiger partial charge in [0, 0.05) is 30.3 Å². The quantitative estimate of drug-likeness (QED) is 0.395. The van der Waals surface area contributed by atoms with Crippen molar-refractivity contribution in [1.29, 1.82) is 0 Å². The van der Waals surface area contributed by atoms with Crippen molar-refractivity contribution in [3.8, 4) is 5.75 Å². The first-order chi connectivity index (χ1) is 16.4. The van der Waals surface area contributed by atoms with E-state index in [0.29, 0.717) is 48.4 Å². The van der Waals surface area contributed by atoms with E-state index < -0.39 is 6.09 Å². The van der Waals surface area contributed by atoms with E-state index >= 15 is 0 Å². The van der Waals surface area contributed by atoms with E-state index in [4.69, 9.17) is 32.7 Å². The van der Waals surface area contributed by atoms with Crippen LogP contribution in [0.4, 0.5) is 4.79 Å². The lowest BCUT2D eigenvalue weighted by atomic mass is 9.55. The summed E-state index contributed by atoms with van der Waals surface area (Å²) in [6.45, 7) is 3.42. The van der Waals surface area contributed by atoms with Crippen LogP contribution in [0.5, 0.6) is 5.75 Å². The zero-order valence-corrected chi connectivity index (χ0v) is 21.7. The Hall–Kier alpha value is -1.50. The topological polar surface area (TPSA) is 67.9 Å². The summed E-state index contributed by atoms with van der Waals surface area (Å²) in [7, 11) is 1.77. The molecule has 34 heavy (non-hydrogen) atoms. The maximum atomic E-state index is 12.5. The summed E-state index contributed by atoms with van der Waals surface area (Å²) in [6.07, 6.45) is 5.96. The Morgan fingerprint density at radius 2 is 1.91 bits per heavy atom. The van der Waals surface area contributed by atoms with Gasteiger partial charge in [-0.25, -0.2) is 4.79 Å². The zero-order valence-electron chi connectivity index (χ0n) is 20.2. The molecule has 6 nitrogen and oxygen atoms in total. The number of amides is 1. The molecule has 4 rings (SSSR count). The molecule has 0 saturated heterocycles. The fourth-order valence-corrected chi connectivity index (χ4v) is 7.18. The summed E-state index contributed by atoms with van der Waals surface area (Å²) in [5.41, 5.74) is 2.74. The highest BCUT2D eigenvalue weighted by atomic mass is 35.5. The van der Waals surface area contributed by atoms with Crippen LogP contribution in [0.25, 0.3) is 0 Å². The molecule has 2 fully saturated rings. The van der Waals surface area contributed by atoms with Crippen LogP contribution in [0.3, 0.4) is 0 Å². The van der Waals surface area contributed by atoms with Crippen molar-refractivity contribution < 1.29 is 19.1 Å². The van der Waals surface area contributed by atoms with Gasteiger partial charge in [0.2, 0.25) is 0 Å². The molecule has 3 aliphatic rings. The van der Waals surface area contributed by atoms with Gasteiger partial charge in [-0.2, -0.15) is 0 Å². The molecule has 0 spiro atoms. The van der Waals surface area contributed by atoms with Crippen molar-refractivity contribution in [3.05, 3.63) is 29.3 Å². The summed E-state index contributed by atoms with van der Waals surface area (Å²) in [5.74, 6) is 2.81. The molecule has 2 saturated carbocycles. The first-order valence-electron chi connectivity index (χ1n) is 12.5. The second kappa shape index (κ2) is 11.0. The van der Waals surface area contributed by atoms with Crippen LogP contribution in [0, 0.1) is 17.3 Å². The van der Waals surface area contributed by atoms with Crippen LogP contribution in [0.2, 0.25) is 0 Å². The fourth-order valence-electron chi connectivity index (χ4n) is 6.78. The van der Waals surface area contributed by atoms with Crippen LogP contribution in [0.15, 0.2) is 18.2 Å². The Labute approximate surface area is 212 Å². The molecule has 0 radical (unpaired) electrons. The van der Waals surface area contributed by atoms with Gasteiger partial charge >= 0.3 is 12.1 Å². The van der Waals surface area contributed by atoms with Gasteiger partial charge < -0.3 is 19.7 Å². The van der Waals surface area contributed by atoms with Crippen LogP contribution in [-0.4, -0.2) is 61.5 Å². The average Bonchev–Trinajstić information content (AvgIpc) is 3.14. The summed E-state index contributed by atoms with van der Waals surface area (Å²) in [6, 6.07) is 6.11. The van der Waals surface area contributed by atoms with Gasteiger partial charge in [-0.15, -0.1) is 23.2 Å². The van der Waals surface area contributed by atoms with Crippen molar-refractivity contribution in [2.24, 2.45) is 17.3 Å². The maximum Gasteiger partial charge on any atom is 0.415 e. The summed E-state index contributed by atoms with van der Waals surface area (Å²) < 4.78 is 11.6. The van der Waals surface area contributed by atoms with E-state index in [0.717, 1.165) is 38.5 Å². The number of nitrogens with zero attached hydrogens (tertiary/aromatic N) is 1. The number of alkyl halides is 2. The van der Waals surface area contributed by atoms with Gasteiger partial charge in [-0.3, -0.25) is 4.79 Å². The SMILES string of the molecule is CNCC(=O)O[C@H]1CC[C@H]2[C@@H]3CCc4cc(OC(=O)N(CCCl)CCCl)ccc4[C@H]3CC[C@]12C. The Balaban J connectivity index is 1.45. The van der Waals surface area contributed by atoms with E-state index in [1.807, 2.05) is 12.1 Å². The second-order valence-electron chi connectivity index (χ2n) is 10.1. The van der Waals surface area contributed by atoms with Gasteiger partial charge in [0.25, 0.3) is 0 Å². The minimum absolute atomic E-state index is 0.0198. The Morgan fingerprint density at radius 3 is 2.62 bits per heavy atom. The Morgan fingerprint density at radius 1 is 1.15 bits per heavy atom. The number of esters is 1. The number of carbonyl (C=O) groups excluding carboxylic acids is 2. The number of benzene rings is 1. The first-order valence-corrected chi connectivity index (χ1v) is 13.5. The molecule has 1 N–H and O–H groups in total. The lowest BCUT2D eigenvalue weighted by Gasteiger charge is -2.50. The predicted octanol–water partition coefficient (Wildman–Crippen LogP) is 4.95. The molecule has 1 aromatic rings. The predicted molar refractivity (Wildman–Crippen MR) is 134 cm³/mol. The van der Waals surface area contributed by atoms with Crippen LogP contribution >= 0.6 is 23.2 Å². The molecule has 0 unspecified atom stereocenters. The van der Waals surface area contributed by atoms with E-state index in [1.54, 1.807) is 7.05 Å². The molecule has 1 aromatic carbocycles. The van der Waals surface area contributed by atoms with Gasteiger partial charge in [0.15, 0.2) is 0 Å². The number of ether oxygens (including phenoxy) is 2. The van der Waals surface area contributed by atoms with E-state index in [-0.39, 0.29) is 24.0 Å². The number of carbonyl (C=O) groups is 2. The largest absolute Gasteiger partial charge is 0.461 e. The normalized spacial score (nSPS) is 29.5. The Kier molecular flexibility index (Phi) is 8.32. The van der Waals surface area contributed by atoms with Crippen LogP contribution < -0.4 is 10.1 Å². The molecule has 1 amide bonds. The number of likely N-dealkylation sites (N-methyl/N-ethyl adjacent to an activating group) is 1. The molecule has 0 heterocycles. The number of halogens is 2. The van der Waals surface area contributed by atoms with Crippen molar-refractivity contribution in [2.45, 2.75) is 57.5 Å². The number of aryl methyl sites for hydroxylation is 1. The molecule has 0 bridgehead atoms. The minimum Gasteiger partial charge on any atom is -0.461 e. The highest BCUT2D eigenvalue weighted by Gasteiger charge is 2.56. The van der Waals surface area contributed by atoms with E-state index in [9.17, 15) is 9.59 Å². The summed E-state index contributed by atoms with van der Waals surface area (Å²) in [5, 5.41) is 2.90. The van der Waals surface area contributed by atoms with Crippen molar-refractivity contribution in [2.75, 3.05) is 38.4 Å². The Bertz CT molecular complexity index is 892. The third-order valence-corrected chi connectivity index (χ3v) is 8.72. The van der Waals surface area contributed by atoms with Gasteiger partial charge in [0.1, 0.15) is 11.9 Å². The number of rotatable bonds is 8. The molecule has 3 aliphatic carbocycles. The number of fused-ring (bicyclic) bond motifs is 5. The van der Waals surface area contributed by atoms with Crippen LogP contribution in [0.1, 0.15) is 56.1 Å². The highest BCUT2D eigenvalue weighted by Crippen LogP contribution is 2.61. The smallest absolute Gasteiger partial charge is 0.415 e. The molecular formula is C26H36Cl2N2O4. The third kappa shape index (κ3) is 5.05. The average molecular weight is 511 g/mol. The van der Waals surface area contributed by atoms with E-state index in [1.165, 1.54) is 16.0 Å². The zero-order chi connectivity index (χ0) is 24.3. The fraction of sp³-hybridized carbons (Fsp3) is 0.692. The number of hydrogen-bond donors (Lipinski definition) is 1. The van der Waals surface area contributed by atoms with Crippen molar-refractivity contribution in [1.82, 2.24) is 10.2 Å². The lowest BCUT2D eigenvalue weighted by Crippen LogP contribution is -2.45. The molecule has 8 heteroatoms.